The summed E-state index contributed by atoms with van der Waals surface area (Å²) in [5.74, 6) is 0.778. The molecule has 0 saturated carbocycles. The van der Waals surface area contributed by atoms with E-state index in [0.29, 0.717) is 5.69 Å². The molecule has 6 nitrogen and oxygen atoms in total. The molecule has 0 radical (unpaired) electrons. The van der Waals surface area contributed by atoms with E-state index in [2.05, 4.69) is 39.1 Å². The van der Waals surface area contributed by atoms with E-state index in [1.807, 2.05) is 24.3 Å². The predicted octanol–water partition coefficient (Wildman–Crippen LogP) is 4.62. The number of hydrogen-bond donors (Lipinski definition) is 1. The summed E-state index contributed by atoms with van der Waals surface area (Å²) < 4.78 is 11.7. The van der Waals surface area contributed by atoms with Crippen molar-refractivity contribution in [2.24, 2.45) is 0 Å². The van der Waals surface area contributed by atoms with Gasteiger partial charge < -0.3 is 19.2 Å². The molecule has 0 atom stereocenters. The Bertz CT molecular complexity index is 1200. The second-order valence-electron chi connectivity index (χ2n) is 8.32. The standard InChI is InChI=1S/C25H25N3O3/c1-25(2,29)23-15-18(7-9-27-23)20-8-10-26-21-16-22(31-24(20)21)17-3-5-19(6-4-17)28-11-13-30-14-12-28/h3-10,15-16,29H,11-14H2,1-2H3. The number of hydrogen-bond acceptors (Lipinski definition) is 6. The molecule has 4 aromatic rings. The highest BCUT2D eigenvalue weighted by Gasteiger charge is 2.20. The van der Waals surface area contributed by atoms with Gasteiger partial charge in [0.15, 0.2) is 5.58 Å². The van der Waals surface area contributed by atoms with Gasteiger partial charge in [-0.05, 0) is 61.9 Å². The number of ether oxygens (including phenoxy) is 1. The molecule has 0 bridgehead atoms. The van der Waals surface area contributed by atoms with Gasteiger partial charge in [0.1, 0.15) is 16.9 Å². The summed E-state index contributed by atoms with van der Waals surface area (Å²) in [6.45, 7) is 6.82. The third-order valence-corrected chi connectivity index (χ3v) is 5.64. The molecule has 1 aromatic carbocycles. The van der Waals surface area contributed by atoms with Crippen molar-refractivity contribution in [3.63, 3.8) is 0 Å². The SMILES string of the molecule is CC(C)(O)c1cc(-c2ccnc3cc(-c4ccc(N5CCOCC5)cc4)oc23)ccn1. The van der Waals surface area contributed by atoms with E-state index in [-0.39, 0.29) is 0 Å². The van der Waals surface area contributed by atoms with Crippen molar-refractivity contribution in [2.75, 3.05) is 31.2 Å². The molecular weight excluding hydrogens is 390 g/mol. The molecule has 158 valence electrons. The van der Waals surface area contributed by atoms with Gasteiger partial charge in [-0.3, -0.25) is 9.97 Å². The van der Waals surface area contributed by atoms with Crippen LogP contribution in [0.15, 0.2) is 65.3 Å². The minimum Gasteiger partial charge on any atom is -0.454 e. The van der Waals surface area contributed by atoms with Crippen LogP contribution in [0.25, 0.3) is 33.6 Å². The summed E-state index contributed by atoms with van der Waals surface area (Å²) in [6, 6.07) is 16.1. The lowest BCUT2D eigenvalue weighted by Gasteiger charge is -2.28. The van der Waals surface area contributed by atoms with Gasteiger partial charge in [-0.15, -0.1) is 0 Å². The Morgan fingerprint density at radius 3 is 2.39 bits per heavy atom. The lowest BCUT2D eigenvalue weighted by Crippen LogP contribution is -2.36. The maximum absolute atomic E-state index is 10.3. The minimum absolute atomic E-state index is 0.612. The first-order chi connectivity index (χ1) is 15.0. The highest BCUT2D eigenvalue weighted by Crippen LogP contribution is 2.35. The van der Waals surface area contributed by atoms with Crippen LogP contribution in [0, 0.1) is 0 Å². The van der Waals surface area contributed by atoms with Crippen molar-refractivity contribution in [3.8, 4) is 22.5 Å². The molecule has 0 amide bonds. The Kier molecular flexibility index (Phi) is 4.96. The Labute approximate surface area is 181 Å². The van der Waals surface area contributed by atoms with E-state index in [4.69, 9.17) is 9.15 Å². The second-order valence-corrected chi connectivity index (χ2v) is 8.32. The predicted molar refractivity (Wildman–Crippen MR) is 121 cm³/mol. The Balaban J connectivity index is 1.50. The molecule has 4 heterocycles. The molecule has 1 fully saturated rings. The quantitative estimate of drug-likeness (QED) is 0.524. The first kappa shape index (κ1) is 19.7. The lowest BCUT2D eigenvalue weighted by atomic mass is 10.00. The van der Waals surface area contributed by atoms with E-state index in [0.717, 1.165) is 59.9 Å². The molecule has 0 aliphatic carbocycles. The van der Waals surface area contributed by atoms with Crippen LogP contribution in [0.2, 0.25) is 0 Å². The molecule has 1 saturated heterocycles. The van der Waals surface area contributed by atoms with E-state index < -0.39 is 5.60 Å². The van der Waals surface area contributed by atoms with Gasteiger partial charge in [0.25, 0.3) is 0 Å². The number of rotatable bonds is 4. The van der Waals surface area contributed by atoms with Crippen LogP contribution < -0.4 is 4.90 Å². The largest absolute Gasteiger partial charge is 0.454 e. The van der Waals surface area contributed by atoms with Gasteiger partial charge in [-0.2, -0.15) is 0 Å². The molecule has 1 N–H and O–H groups in total. The van der Waals surface area contributed by atoms with Gasteiger partial charge in [0.2, 0.25) is 0 Å². The van der Waals surface area contributed by atoms with Gasteiger partial charge in [0, 0.05) is 48.4 Å². The van der Waals surface area contributed by atoms with Crippen LogP contribution >= 0.6 is 0 Å². The number of furan rings is 1. The number of fused-ring (bicyclic) bond motifs is 1. The fraction of sp³-hybridized carbons (Fsp3) is 0.280. The average Bonchev–Trinajstić information content (AvgIpc) is 3.24. The van der Waals surface area contributed by atoms with Crippen molar-refractivity contribution in [1.29, 1.82) is 0 Å². The van der Waals surface area contributed by atoms with Gasteiger partial charge >= 0.3 is 0 Å². The van der Waals surface area contributed by atoms with Crippen LogP contribution in [-0.2, 0) is 10.3 Å². The van der Waals surface area contributed by atoms with Crippen LogP contribution in [0.1, 0.15) is 19.5 Å². The third kappa shape index (κ3) is 3.92. The van der Waals surface area contributed by atoms with Crippen LogP contribution in [0.5, 0.6) is 0 Å². The second kappa shape index (κ2) is 7.80. The summed E-state index contributed by atoms with van der Waals surface area (Å²) in [4.78, 5) is 11.1. The normalized spacial score (nSPS) is 14.9. The number of nitrogens with zero attached hydrogens (tertiary/aromatic N) is 3. The van der Waals surface area contributed by atoms with Crippen molar-refractivity contribution < 1.29 is 14.3 Å². The van der Waals surface area contributed by atoms with E-state index >= 15 is 0 Å². The van der Waals surface area contributed by atoms with Gasteiger partial charge in [-0.1, -0.05) is 0 Å². The maximum atomic E-state index is 10.3. The molecule has 31 heavy (non-hydrogen) atoms. The molecule has 3 aromatic heterocycles. The highest BCUT2D eigenvalue weighted by molar-refractivity contribution is 5.92. The molecule has 0 unspecified atom stereocenters. The fourth-order valence-corrected chi connectivity index (χ4v) is 3.90. The Hall–Kier alpha value is -3.22. The van der Waals surface area contributed by atoms with Crippen molar-refractivity contribution in [2.45, 2.75) is 19.4 Å². The van der Waals surface area contributed by atoms with E-state index in [9.17, 15) is 5.11 Å². The molecule has 1 aliphatic rings. The minimum atomic E-state index is -1.02. The summed E-state index contributed by atoms with van der Waals surface area (Å²) in [7, 11) is 0. The van der Waals surface area contributed by atoms with Crippen LogP contribution in [0.4, 0.5) is 5.69 Å². The van der Waals surface area contributed by atoms with Gasteiger partial charge in [0.05, 0.1) is 18.9 Å². The van der Waals surface area contributed by atoms with E-state index in [1.54, 1.807) is 26.2 Å². The van der Waals surface area contributed by atoms with Gasteiger partial charge in [-0.25, -0.2) is 0 Å². The number of anilines is 1. The number of aromatic nitrogens is 2. The summed E-state index contributed by atoms with van der Waals surface area (Å²) in [6.07, 6.45) is 3.49. The van der Waals surface area contributed by atoms with Crippen molar-refractivity contribution in [3.05, 3.63) is 66.6 Å². The molecule has 1 aliphatic heterocycles. The third-order valence-electron chi connectivity index (χ3n) is 5.64. The van der Waals surface area contributed by atoms with E-state index in [1.165, 1.54) is 5.69 Å². The molecular formula is C25H25N3O3. The van der Waals surface area contributed by atoms with Crippen LogP contribution in [-0.4, -0.2) is 41.4 Å². The Morgan fingerprint density at radius 2 is 1.65 bits per heavy atom. The monoisotopic (exact) mass is 415 g/mol. The smallest absolute Gasteiger partial charge is 0.161 e. The summed E-state index contributed by atoms with van der Waals surface area (Å²) in [5.41, 5.74) is 5.18. The van der Waals surface area contributed by atoms with Crippen LogP contribution in [0.3, 0.4) is 0 Å². The Morgan fingerprint density at radius 1 is 0.903 bits per heavy atom. The number of benzene rings is 1. The number of morpholine rings is 1. The van der Waals surface area contributed by atoms with Crippen molar-refractivity contribution in [1.82, 2.24) is 9.97 Å². The molecule has 5 rings (SSSR count). The first-order valence-corrected chi connectivity index (χ1v) is 10.5. The molecule has 6 heteroatoms. The van der Waals surface area contributed by atoms with Crippen molar-refractivity contribution >= 4 is 16.8 Å². The number of aliphatic hydroxyl groups is 1. The molecule has 0 spiro atoms. The lowest BCUT2D eigenvalue weighted by molar-refractivity contribution is 0.0739. The summed E-state index contributed by atoms with van der Waals surface area (Å²) >= 11 is 0. The fourth-order valence-electron chi connectivity index (χ4n) is 3.90. The zero-order valence-electron chi connectivity index (χ0n) is 17.7. The highest BCUT2D eigenvalue weighted by atomic mass is 16.5. The number of pyridine rings is 2. The zero-order valence-corrected chi connectivity index (χ0v) is 17.7. The summed E-state index contributed by atoms with van der Waals surface area (Å²) in [5, 5.41) is 10.3. The topological polar surface area (TPSA) is 71.6 Å². The maximum Gasteiger partial charge on any atom is 0.161 e. The zero-order chi connectivity index (χ0) is 21.4. The average molecular weight is 415 g/mol. The first-order valence-electron chi connectivity index (χ1n) is 10.5.